The second kappa shape index (κ2) is 19.3. The zero-order chi connectivity index (χ0) is 43.2. The predicted molar refractivity (Wildman–Crippen MR) is 235 cm³/mol. The molecule has 0 bridgehead atoms. The number of nitrogens with zero attached hydrogens (tertiary/aromatic N) is 5. The van der Waals surface area contributed by atoms with Crippen LogP contribution in [0.5, 0.6) is 0 Å². The lowest BCUT2D eigenvalue weighted by Crippen LogP contribution is -2.54. The molecule has 4 saturated heterocycles. The highest BCUT2D eigenvalue weighted by molar-refractivity contribution is 6.00. The number of hydrogen-bond donors (Lipinski definition) is 2. The molecule has 0 aromatic heterocycles. The highest BCUT2D eigenvalue weighted by Gasteiger charge is 2.44. The third-order valence-corrected chi connectivity index (χ3v) is 12.6. The van der Waals surface area contributed by atoms with Gasteiger partial charge in [-0.3, -0.25) is 28.8 Å². The van der Waals surface area contributed by atoms with E-state index in [1.54, 1.807) is 19.6 Å². The largest absolute Gasteiger partial charge is 0.363 e. The van der Waals surface area contributed by atoms with Gasteiger partial charge >= 0.3 is 0 Å². The standard InChI is InChI=1S/C48H61N7O6/c1-32(2)43(54-28-10-16-41(54)56)47(60)52-26-8-14-39(52)45(58)49-36-22-18-34(19-23-36)30-51(38-12-6-5-7-13-38)31-35-20-24-37(25-21-35)50-46(59)40-15-9-27-53(40)48(61)44(33(3)4)55-29-11-17-42(55)57/h5-7,12-13,18-25,32-33,39-40,43-44H,8-11,14-17,26-31H2,1-4H3,(H,49,58)(H,50,59)/t39-,40-,43-,44-/m0/s1. The summed E-state index contributed by atoms with van der Waals surface area (Å²) < 4.78 is 0. The van der Waals surface area contributed by atoms with Gasteiger partial charge in [0.1, 0.15) is 24.2 Å². The quantitative estimate of drug-likeness (QED) is 0.190. The zero-order valence-electron chi connectivity index (χ0n) is 36.1. The zero-order valence-corrected chi connectivity index (χ0v) is 36.1. The van der Waals surface area contributed by atoms with E-state index in [4.69, 9.17) is 0 Å². The van der Waals surface area contributed by atoms with E-state index in [9.17, 15) is 28.8 Å². The van der Waals surface area contributed by atoms with Crippen LogP contribution < -0.4 is 15.5 Å². The van der Waals surface area contributed by atoms with E-state index < -0.39 is 24.2 Å². The van der Waals surface area contributed by atoms with Crippen LogP contribution in [0.3, 0.4) is 0 Å². The molecule has 13 nitrogen and oxygen atoms in total. The van der Waals surface area contributed by atoms with Crippen LogP contribution in [-0.4, -0.2) is 105 Å². The molecule has 2 N–H and O–H groups in total. The fourth-order valence-corrected chi connectivity index (χ4v) is 9.59. The summed E-state index contributed by atoms with van der Waals surface area (Å²) >= 11 is 0. The van der Waals surface area contributed by atoms with E-state index in [2.05, 4.69) is 27.7 Å². The van der Waals surface area contributed by atoms with Gasteiger partial charge in [0, 0.05) is 69.2 Å². The van der Waals surface area contributed by atoms with Crippen LogP contribution in [0.25, 0.3) is 0 Å². The lowest BCUT2D eigenvalue weighted by atomic mass is 10.0. The molecule has 0 unspecified atom stereocenters. The Hall–Kier alpha value is -5.72. The fourth-order valence-electron chi connectivity index (χ4n) is 9.59. The average molecular weight is 832 g/mol. The maximum Gasteiger partial charge on any atom is 0.247 e. The molecule has 0 spiro atoms. The summed E-state index contributed by atoms with van der Waals surface area (Å²) in [5.41, 5.74) is 4.43. The number of para-hydroxylation sites is 1. The second-order valence-electron chi connectivity index (χ2n) is 17.7. The number of carbonyl (C=O) groups excluding carboxylic acids is 6. The number of carbonyl (C=O) groups is 6. The Morgan fingerprint density at radius 2 is 0.984 bits per heavy atom. The smallest absolute Gasteiger partial charge is 0.247 e. The summed E-state index contributed by atoms with van der Waals surface area (Å²) in [5.74, 6) is -0.820. The summed E-state index contributed by atoms with van der Waals surface area (Å²) in [6, 6.07) is 23.4. The van der Waals surface area contributed by atoms with E-state index in [-0.39, 0.29) is 47.3 Å². The van der Waals surface area contributed by atoms with Crippen LogP contribution >= 0.6 is 0 Å². The monoisotopic (exact) mass is 831 g/mol. The molecule has 4 fully saturated rings. The summed E-state index contributed by atoms with van der Waals surface area (Å²) in [7, 11) is 0. The third kappa shape index (κ3) is 9.92. The van der Waals surface area contributed by atoms with Gasteiger partial charge in [-0.05, 0) is 97.9 Å². The molecule has 0 saturated carbocycles. The Labute approximate surface area is 359 Å². The van der Waals surface area contributed by atoms with Crippen LogP contribution in [0.2, 0.25) is 0 Å². The summed E-state index contributed by atoms with van der Waals surface area (Å²) in [6.07, 6.45) is 5.06. The van der Waals surface area contributed by atoms with Gasteiger partial charge < -0.3 is 35.1 Å². The van der Waals surface area contributed by atoms with Gasteiger partial charge in [-0.25, -0.2) is 0 Å². The first kappa shape index (κ1) is 43.4. The van der Waals surface area contributed by atoms with E-state index in [1.807, 2.05) is 94.4 Å². The molecule has 61 heavy (non-hydrogen) atoms. The van der Waals surface area contributed by atoms with Gasteiger partial charge in [-0.2, -0.15) is 0 Å². The van der Waals surface area contributed by atoms with Gasteiger partial charge in [0.15, 0.2) is 0 Å². The van der Waals surface area contributed by atoms with Crippen LogP contribution in [-0.2, 0) is 41.9 Å². The molecule has 4 aliphatic rings. The number of amides is 6. The Morgan fingerprint density at radius 3 is 1.34 bits per heavy atom. The molecular formula is C48H61N7O6. The molecule has 3 aromatic carbocycles. The van der Waals surface area contributed by atoms with Crippen molar-refractivity contribution in [1.82, 2.24) is 19.6 Å². The van der Waals surface area contributed by atoms with Crippen LogP contribution in [0, 0.1) is 11.8 Å². The van der Waals surface area contributed by atoms with Gasteiger partial charge in [0.25, 0.3) is 0 Å². The van der Waals surface area contributed by atoms with Crippen molar-refractivity contribution in [3.05, 3.63) is 90.0 Å². The Balaban J connectivity index is 0.964. The number of rotatable bonds is 15. The van der Waals surface area contributed by atoms with Gasteiger partial charge in [-0.1, -0.05) is 70.2 Å². The van der Waals surface area contributed by atoms with Gasteiger partial charge in [0.2, 0.25) is 35.4 Å². The van der Waals surface area contributed by atoms with Crippen molar-refractivity contribution in [3.63, 3.8) is 0 Å². The molecular weight excluding hydrogens is 771 g/mol. The Kier molecular flexibility index (Phi) is 13.7. The van der Waals surface area contributed by atoms with Crippen molar-refractivity contribution >= 4 is 52.5 Å². The van der Waals surface area contributed by atoms with E-state index in [0.717, 1.165) is 42.5 Å². The molecule has 0 radical (unpaired) electrons. The first-order valence-electron chi connectivity index (χ1n) is 22.2. The van der Waals surface area contributed by atoms with E-state index in [0.29, 0.717) is 76.3 Å². The molecule has 4 heterocycles. The summed E-state index contributed by atoms with van der Waals surface area (Å²) in [4.78, 5) is 89.0. The number of hydrogen-bond acceptors (Lipinski definition) is 7. The van der Waals surface area contributed by atoms with Crippen molar-refractivity contribution in [2.75, 3.05) is 41.7 Å². The minimum Gasteiger partial charge on any atom is -0.363 e. The first-order chi connectivity index (χ1) is 29.4. The van der Waals surface area contributed by atoms with Crippen molar-refractivity contribution in [3.8, 4) is 0 Å². The second-order valence-corrected chi connectivity index (χ2v) is 17.7. The number of likely N-dealkylation sites (tertiary alicyclic amines) is 4. The summed E-state index contributed by atoms with van der Waals surface area (Å²) in [6.45, 7) is 11.2. The van der Waals surface area contributed by atoms with Crippen LogP contribution in [0.4, 0.5) is 17.1 Å². The lowest BCUT2D eigenvalue weighted by molar-refractivity contribution is -0.147. The van der Waals surface area contributed by atoms with Gasteiger partial charge in [-0.15, -0.1) is 0 Å². The molecule has 3 aromatic rings. The maximum atomic E-state index is 13.8. The van der Waals surface area contributed by atoms with E-state index >= 15 is 0 Å². The minimum atomic E-state index is -0.587. The summed E-state index contributed by atoms with van der Waals surface area (Å²) in [5, 5.41) is 6.09. The molecule has 13 heteroatoms. The van der Waals surface area contributed by atoms with Crippen LogP contribution in [0.15, 0.2) is 78.9 Å². The highest BCUT2D eigenvalue weighted by Crippen LogP contribution is 2.29. The minimum absolute atomic E-state index is 0.00791. The number of benzene rings is 3. The number of nitrogens with one attached hydrogen (secondary N) is 2. The van der Waals surface area contributed by atoms with Crippen molar-refractivity contribution in [2.24, 2.45) is 11.8 Å². The predicted octanol–water partition coefficient (Wildman–Crippen LogP) is 6.05. The normalized spacial score (nSPS) is 20.2. The van der Waals surface area contributed by atoms with Crippen molar-refractivity contribution < 1.29 is 28.8 Å². The lowest BCUT2D eigenvalue weighted by Gasteiger charge is -2.35. The maximum absolute atomic E-state index is 13.8. The Bertz CT molecular complexity index is 1930. The molecule has 324 valence electrons. The molecule has 6 amide bonds. The van der Waals surface area contributed by atoms with Gasteiger partial charge in [0.05, 0.1) is 0 Å². The molecule has 0 aliphatic carbocycles. The van der Waals surface area contributed by atoms with Crippen molar-refractivity contribution in [2.45, 2.75) is 116 Å². The van der Waals surface area contributed by atoms with Crippen molar-refractivity contribution in [1.29, 1.82) is 0 Å². The van der Waals surface area contributed by atoms with Crippen LogP contribution in [0.1, 0.15) is 90.2 Å². The third-order valence-electron chi connectivity index (χ3n) is 12.6. The average Bonchev–Trinajstić information content (AvgIpc) is 4.09. The fraction of sp³-hybridized carbons (Fsp3) is 0.500. The highest BCUT2D eigenvalue weighted by atomic mass is 16.2. The van der Waals surface area contributed by atoms with E-state index in [1.165, 1.54) is 0 Å². The first-order valence-corrected chi connectivity index (χ1v) is 22.2. The molecule has 4 atom stereocenters. The molecule has 7 rings (SSSR count). The molecule has 4 aliphatic heterocycles. The number of anilines is 3. The topological polar surface area (TPSA) is 143 Å². The SMILES string of the molecule is CC(C)[C@@H](C(=O)N1CCC[C@H]1C(=O)Nc1ccc(CN(Cc2ccc(NC(=O)[C@@H]3CCCN3C(=O)[C@H](C(C)C)N3CCCC3=O)cc2)c2ccccc2)cc1)N1CCCC1=O. The Morgan fingerprint density at radius 1 is 0.574 bits per heavy atom.